The Labute approximate surface area is 190 Å². The van der Waals surface area contributed by atoms with Gasteiger partial charge in [0.15, 0.2) is 5.82 Å². The fourth-order valence-corrected chi connectivity index (χ4v) is 5.61. The van der Waals surface area contributed by atoms with Crippen LogP contribution >= 0.6 is 0 Å². The summed E-state index contributed by atoms with van der Waals surface area (Å²) >= 11 is 0. The lowest BCUT2D eigenvalue weighted by Crippen LogP contribution is -2.55. The number of nitrogens with two attached hydrogens (primary N) is 1. The maximum absolute atomic E-state index is 13.0. The van der Waals surface area contributed by atoms with Crippen LogP contribution in [0.25, 0.3) is 0 Å². The molecule has 3 heterocycles. The SMILES string of the molecule is CCC1C(=O)N(C)c2cnc(N[C@@H](C)C3CCN(CC(N)=O)CC3)nc2N1C1CCCC1. The molecule has 2 fully saturated rings. The van der Waals surface area contributed by atoms with Crippen molar-refractivity contribution >= 4 is 29.3 Å². The molecule has 1 unspecified atom stereocenters. The van der Waals surface area contributed by atoms with Crippen LogP contribution in [0.2, 0.25) is 0 Å². The van der Waals surface area contributed by atoms with Crippen LogP contribution < -0.4 is 20.9 Å². The summed E-state index contributed by atoms with van der Waals surface area (Å²) in [6.07, 6.45) is 9.22. The number of likely N-dealkylation sites (tertiary alicyclic amines) is 1. The lowest BCUT2D eigenvalue weighted by molar-refractivity contribution is -0.120. The van der Waals surface area contributed by atoms with Gasteiger partial charge in [-0.1, -0.05) is 19.8 Å². The molecule has 3 N–H and O–H groups in total. The average molecular weight is 444 g/mol. The van der Waals surface area contributed by atoms with E-state index in [1.165, 1.54) is 12.8 Å². The second-order valence-corrected chi connectivity index (χ2v) is 9.58. The van der Waals surface area contributed by atoms with Gasteiger partial charge >= 0.3 is 0 Å². The van der Waals surface area contributed by atoms with Gasteiger partial charge in [-0.15, -0.1) is 0 Å². The van der Waals surface area contributed by atoms with Gasteiger partial charge in [0.05, 0.1) is 12.7 Å². The Hall–Kier alpha value is -2.42. The summed E-state index contributed by atoms with van der Waals surface area (Å²) in [5.41, 5.74) is 6.13. The van der Waals surface area contributed by atoms with Gasteiger partial charge in [0.2, 0.25) is 17.8 Å². The molecule has 1 saturated heterocycles. The molecule has 9 heteroatoms. The zero-order valence-electron chi connectivity index (χ0n) is 19.6. The lowest BCUT2D eigenvalue weighted by Gasteiger charge is -2.43. The van der Waals surface area contributed by atoms with Gasteiger partial charge in [-0.25, -0.2) is 4.98 Å². The van der Waals surface area contributed by atoms with Crippen LogP contribution in [-0.2, 0) is 9.59 Å². The number of rotatable bonds is 7. The second-order valence-electron chi connectivity index (χ2n) is 9.58. The van der Waals surface area contributed by atoms with Crippen molar-refractivity contribution in [1.29, 1.82) is 0 Å². The number of amides is 2. The van der Waals surface area contributed by atoms with E-state index in [4.69, 9.17) is 10.7 Å². The molecule has 32 heavy (non-hydrogen) atoms. The van der Waals surface area contributed by atoms with Crippen molar-refractivity contribution in [2.45, 2.75) is 76.9 Å². The molecule has 2 aliphatic heterocycles. The number of nitrogens with one attached hydrogen (secondary N) is 1. The molecule has 9 nitrogen and oxygen atoms in total. The zero-order chi connectivity index (χ0) is 22.8. The molecule has 0 radical (unpaired) electrons. The number of piperidine rings is 1. The third-order valence-corrected chi connectivity index (χ3v) is 7.49. The quantitative estimate of drug-likeness (QED) is 0.663. The van der Waals surface area contributed by atoms with Gasteiger partial charge in [0.1, 0.15) is 11.7 Å². The molecule has 1 aromatic heterocycles. The van der Waals surface area contributed by atoms with Gasteiger partial charge in [0, 0.05) is 19.1 Å². The fraction of sp³-hybridized carbons (Fsp3) is 0.739. The van der Waals surface area contributed by atoms with Crippen molar-refractivity contribution in [1.82, 2.24) is 14.9 Å². The minimum absolute atomic E-state index is 0.132. The van der Waals surface area contributed by atoms with Crippen LogP contribution in [0.15, 0.2) is 6.20 Å². The molecule has 2 atom stereocenters. The Morgan fingerprint density at radius 1 is 1.25 bits per heavy atom. The number of primary amides is 1. The highest BCUT2D eigenvalue weighted by Gasteiger charge is 2.41. The van der Waals surface area contributed by atoms with Crippen molar-refractivity contribution in [3.05, 3.63) is 6.20 Å². The molecule has 4 rings (SSSR count). The number of hydrogen-bond donors (Lipinski definition) is 2. The number of carbonyl (C=O) groups excluding carboxylic acids is 2. The van der Waals surface area contributed by atoms with E-state index < -0.39 is 0 Å². The summed E-state index contributed by atoms with van der Waals surface area (Å²) < 4.78 is 0. The smallest absolute Gasteiger partial charge is 0.249 e. The number of aromatic nitrogens is 2. The van der Waals surface area contributed by atoms with Gasteiger partial charge in [-0.3, -0.25) is 14.5 Å². The van der Waals surface area contributed by atoms with Gasteiger partial charge in [-0.05, 0) is 58.0 Å². The lowest BCUT2D eigenvalue weighted by atomic mass is 9.90. The molecular formula is C23H37N7O2. The number of anilines is 3. The van der Waals surface area contributed by atoms with Gasteiger partial charge in [0.25, 0.3) is 0 Å². The molecule has 2 amide bonds. The molecule has 3 aliphatic rings. The Morgan fingerprint density at radius 3 is 2.56 bits per heavy atom. The van der Waals surface area contributed by atoms with E-state index in [-0.39, 0.29) is 23.9 Å². The Balaban J connectivity index is 1.50. The maximum atomic E-state index is 13.0. The predicted molar refractivity (Wildman–Crippen MR) is 126 cm³/mol. The largest absolute Gasteiger partial charge is 0.369 e. The molecule has 1 aliphatic carbocycles. The highest BCUT2D eigenvalue weighted by atomic mass is 16.2. The fourth-order valence-electron chi connectivity index (χ4n) is 5.61. The van der Waals surface area contributed by atoms with Crippen molar-refractivity contribution < 1.29 is 9.59 Å². The number of carbonyl (C=O) groups is 2. The topological polar surface area (TPSA) is 108 Å². The molecule has 1 saturated carbocycles. The van der Waals surface area contributed by atoms with Crippen LogP contribution in [0.4, 0.5) is 17.5 Å². The van der Waals surface area contributed by atoms with Crippen LogP contribution in [0.1, 0.15) is 58.8 Å². The van der Waals surface area contributed by atoms with E-state index in [1.54, 1.807) is 11.1 Å². The first-order valence-corrected chi connectivity index (χ1v) is 12.1. The summed E-state index contributed by atoms with van der Waals surface area (Å²) in [4.78, 5) is 39.8. The number of hydrogen-bond acceptors (Lipinski definition) is 7. The van der Waals surface area contributed by atoms with E-state index in [2.05, 4.69) is 33.9 Å². The molecule has 0 spiro atoms. The predicted octanol–water partition coefficient (Wildman–Crippen LogP) is 1.98. The van der Waals surface area contributed by atoms with Crippen LogP contribution in [0.5, 0.6) is 0 Å². The first-order valence-electron chi connectivity index (χ1n) is 12.1. The van der Waals surface area contributed by atoms with Gasteiger partial charge < -0.3 is 20.9 Å². The van der Waals surface area contributed by atoms with Crippen molar-refractivity contribution in [2.24, 2.45) is 11.7 Å². The molecule has 1 aromatic rings. The molecule has 176 valence electrons. The number of fused-ring (bicyclic) bond motifs is 1. The third-order valence-electron chi connectivity index (χ3n) is 7.49. The Bertz CT molecular complexity index is 834. The zero-order valence-corrected chi connectivity index (χ0v) is 19.6. The summed E-state index contributed by atoms with van der Waals surface area (Å²) in [7, 11) is 1.83. The Morgan fingerprint density at radius 2 is 1.94 bits per heavy atom. The maximum Gasteiger partial charge on any atom is 0.249 e. The Kier molecular flexibility index (Phi) is 6.83. The van der Waals surface area contributed by atoms with Crippen molar-refractivity contribution in [3.63, 3.8) is 0 Å². The number of likely N-dealkylation sites (N-methyl/N-ethyl adjacent to an activating group) is 1. The highest BCUT2D eigenvalue weighted by molar-refractivity contribution is 6.04. The monoisotopic (exact) mass is 443 g/mol. The van der Waals surface area contributed by atoms with E-state index in [0.717, 1.165) is 56.7 Å². The van der Waals surface area contributed by atoms with Crippen LogP contribution in [0.3, 0.4) is 0 Å². The minimum atomic E-state index is -0.266. The number of nitrogens with zero attached hydrogens (tertiary/aromatic N) is 5. The summed E-state index contributed by atoms with van der Waals surface area (Å²) in [6.45, 7) is 6.35. The average Bonchev–Trinajstić information content (AvgIpc) is 3.30. The first kappa shape index (κ1) is 22.8. The molecular weight excluding hydrogens is 406 g/mol. The van der Waals surface area contributed by atoms with E-state index in [0.29, 0.717) is 24.5 Å². The normalized spacial score (nSPS) is 24.0. The summed E-state index contributed by atoms with van der Waals surface area (Å²) in [5, 5.41) is 3.52. The molecule has 0 aromatic carbocycles. The highest BCUT2D eigenvalue weighted by Crippen LogP contribution is 2.40. The van der Waals surface area contributed by atoms with E-state index in [1.807, 2.05) is 7.05 Å². The summed E-state index contributed by atoms with van der Waals surface area (Å²) in [5.74, 6) is 1.85. The third kappa shape index (κ3) is 4.53. The van der Waals surface area contributed by atoms with Crippen LogP contribution in [0, 0.1) is 5.92 Å². The van der Waals surface area contributed by atoms with Crippen LogP contribution in [-0.4, -0.2) is 71.5 Å². The molecule has 0 bridgehead atoms. The van der Waals surface area contributed by atoms with Crippen molar-refractivity contribution in [3.8, 4) is 0 Å². The van der Waals surface area contributed by atoms with E-state index in [9.17, 15) is 9.59 Å². The van der Waals surface area contributed by atoms with Gasteiger partial charge in [-0.2, -0.15) is 4.98 Å². The second kappa shape index (κ2) is 9.60. The van der Waals surface area contributed by atoms with E-state index >= 15 is 0 Å². The minimum Gasteiger partial charge on any atom is -0.369 e. The summed E-state index contributed by atoms with van der Waals surface area (Å²) in [6, 6.07) is 0.421. The first-order chi connectivity index (χ1) is 15.4. The standard InChI is InChI=1S/C23H37N7O2/c1-4-18-22(32)28(3)19-13-25-23(27-21(19)30(18)17-7-5-6-8-17)26-15(2)16-9-11-29(12-10-16)14-20(24)31/h13,15-18H,4-12,14H2,1-3H3,(H2,24,31)(H,25,26,27)/t15-,18?/m0/s1. The van der Waals surface area contributed by atoms with Crippen molar-refractivity contribution in [2.75, 3.05) is 41.8 Å².